The van der Waals surface area contributed by atoms with E-state index in [4.69, 9.17) is 4.18 Å². The van der Waals surface area contributed by atoms with Crippen molar-refractivity contribution >= 4 is 38.4 Å². The molecule has 0 N–H and O–H groups in total. The first-order valence-corrected chi connectivity index (χ1v) is 10.9. The molecule has 2 aromatic carbocycles. The molecule has 27 heavy (non-hydrogen) atoms. The fraction of sp³-hybridized carbons (Fsp3) is 0.158. The monoisotopic (exact) mass is 399 g/mol. The number of thioether (sulfide) groups is 1. The van der Waals surface area contributed by atoms with Gasteiger partial charge in [-0.3, -0.25) is 4.40 Å². The Morgan fingerprint density at radius 1 is 1.04 bits per heavy atom. The molecule has 2 heterocycles. The predicted molar refractivity (Wildman–Crippen MR) is 107 cm³/mol. The van der Waals surface area contributed by atoms with Crippen LogP contribution in [0.5, 0.6) is 5.75 Å². The zero-order valence-corrected chi connectivity index (χ0v) is 16.2. The van der Waals surface area contributed by atoms with Gasteiger partial charge in [0.1, 0.15) is 5.75 Å². The highest BCUT2D eigenvalue weighted by Crippen LogP contribution is 2.26. The van der Waals surface area contributed by atoms with Crippen LogP contribution in [0.4, 0.5) is 0 Å². The molecule has 2 aromatic heterocycles. The third-order valence-electron chi connectivity index (χ3n) is 4.10. The van der Waals surface area contributed by atoms with Gasteiger partial charge < -0.3 is 4.18 Å². The van der Waals surface area contributed by atoms with Crippen molar-refractivity contribution in [3.8, 4) is 5.75 Å². The lowest BCUT2D eigenvalue weighted by atomic mass is 10.1. The number of nitrogens with zero attached hydrogens (tertiary/aromatic N) is 3. The molecule has 0 radical (unpaired) electrons. The fourth-order valence-corrected chi connectivity index (χ4v) is 5.11. The van der Waals surface area contributed by atoms with Gasteiger partial charge in [-0.1, -0.05) is 48.2 Å². The van der Waals surface area contributed by atoms with E-state index in [2.05, 4.69) is 16.3 Å². The van der Waals surface area contributed by atoms with Crippen LogP contribution in [-0.2, 0) is 10.1 Å². The number of para-hydroxylation sites is 2. The molecule has 6 nitrogen and oxygen atoms in total. The molecule has 0 aliphatic heterocycles. The molecular formula is C19H17N3O3S2. The summed E-state index contributed by atoms with van der Waals surface area (Å²) in [5.41, 5.74) is 2.88. The Hall–Kier alpha value is -2.58. The largest absolute Gasteiger partial charge is 0.382 e. The number of pyridine rings is 1. The number of hydrogen-bond donors (Lipinski definition) is 0. The van der Waals surface area contributed by atoms with Gasteiger partial charge in [0.05, 0.1) is 11.3 Å². The van der Waals surface area contributed by atoms with Crippen molar-refractivity contribution in [1.29, 1.82) is 0 Å². The topological polar surface area (TPSA) is 73.6 Å². The summed E-state index contributed by atoms with van der Waals surface area (Å²) in [5.74, 6) is 0.514. The number of hydrogen-bond acceptors (Lipinski definition) is 6. The standard InChI is InChI=1S/C19H17N3O3S2/c1-14-13-18-20-21-19(22(18)17-10-6-5-9-16(14)17)26-11-12-27(23,24)25-15-7-3-2-4-8-15/h2-10,13H,11-12H2,1H3. The van der Waals surface area contributed by atoms with Crippen LogP contribution in [0, 0.1) is 6.92 Å². The van der Waals surface area contributed by atoms with Crippen molar-refractivity contribution in [3.63, 3.8) is 0 Å². The van der Waals surface area contributed by atoms with Gasteiger partial charge in [-0.15, -0.1) is 10.2 Å². The average Bonchev–Trinajstić information content (AvgIpc) is 3.05. The van der Waals surface area contributed by atoms with E-state index in [1.54, 1.807) is 30.3 Å². The number of benzene rings is 2. The maximum absolute atomic E-state index is 12.2. The number of aromatic nitrogens is 3. The zero-order chi connectivity index (χ0) is 18.9. The van der Waals surface area contributed by atoms with Gasteiger partial charge >= 0.3 is 10.1 Å². The minimum Gasteiger partial charge on any atom is -0.382 e. The van der Waals surface area contributed by atoms with Crippen molar-refractivity contribution in [3.05, 3.63) is 66.2 Å². The molecule has 0 fully saturated rings. The Morgan fingerprint density at radius 2 is 1.78 bits per heavy atom. The molecule has 0 saturated heterocycles. The van der Waals surface area contributed by atoms with E-state index in [0.29, 0.717) is 16.7 Å². The van der Waals surface area contributed by atoms with Crippen LogP contribution in [0.3, 0.4) is 0 Å². The zero-order valence-electron chi connectivity index (χ0n) is 14.6. The summed E-state index contributed by atoms with van der Waals surface area (Å²) >= 11 is 1.34. The van der Waals surface area contributed by atoms with Gasteiger partial charge in [-0.25, -0.2) is 0 Å². The minimum atomic E-state index is -3.67. The second-order valence-corrected chi connectivity index (χ2v) is 8.78. The molecule has 138 valence electrons. The maximum atomic E-state index is 12.2. The molecule has 0 amide bonds. The first kappa shape index (κ1) is 17.8. The van der Waals surface area contributed by atoms with Crippen molar-refractivity contribution < 1.29 is 12.6 Å². The van der Waals surface area contributed by atoms with E-state index >= 15 is 0 Å². The average molecular weight is 399 g/mol. The van der Waals surface area contributed by atoms with Gasteiger partial charge in [0, 0.05) is 11.1 Å². The molecule has 0 unspecified atom stereocenters. The van der Waals surface area contributed by atoms with Crippen LogP contribution >= 0.6 is 11.8 Å². The van der Waals surface area contributed by atoms with E-state index in [9.17, 15) is 8.42 Å². The Bertz CT molecular complexity index is 1210. The lowest BCUT2D eigenvalue weighted by molar-refractivity contribution is 0.488. The second-order valence-electron chi connectivity index (χ2n) is 6.03. The summed E-state index contributed by atoms with van der Waals surface area (Å²) in [6, 6.07) is 18.5. The molecule has 8 heteroatoms. The molecular weight excluding hydrogens is 382 g/mol. The highest BCUT2D eigenvalue weighted by Gasteiger charge is 2.16. The molecule has 0 atom stereocenters. The van der Waals surface area contributed by atoms with Gasteiger partial charge in [0.15, 0.2) is 10.8 Å². The Morgan fingerprint density at radius 3 is 2.59 bits per heavy atom. The number of rotatable bonds is 6. The Kier molecular flexibility index (Phi) is 4.75. The van der Waals surface area contributed by atoms with Crippen molar-refractivity contribution in [2.45, 2.75) is 12.1 Å². The van der Waals surface area contributed by atoms with Crippen LogP contribution in [0.2, 0.25) is 0 Å². The van der Waals surface area contributed by atoms with Crippen molar-refractivity contribution in [1.82, 2.24) is 14.6 Å². The molecule has 0 spiro atoms. The number of aryl methyl sites for hydroxylation is 1. The highest BCUT2D eigenvalue weighted by molar-refractivity contribution is 8.00. The molecule has 4 rings (SSSR count). The highest BCUT2D eigenvalue weighted by atomic mass is 32.2. The van der Waals surface area contributed by atoms with E-state index in [0.717, 1.165) is 22.1 Å². The first-order valence-electron chi connectivity index (χ1n) is 8.37. The fourth-order valence-electron chi connectivity index (χ4n) is 2.87. The van der Waals surface area contributed by atoms with Crippen molar-refractivity contribution in [2.75, 3.05) is 11.5 Å². The lowest BCUT2D eigenvalue weighted by Gasteiger charge is -2.08. The van der Waals surface area contributed by atoms with E-state index in [-0.39, 0.29) is 5.75 Å². The maximum Gasteiger partial charge on any atom is 0.310 e. The molecule has 0 aliphatic rings. The Balaban J connectivity index is 1.54. The first-order chi connectivity index (χ1) is 13.0. The summed E-state index contributed by atoms with van der Waals surface area (Å²) < 4.78 is 31.4. The lowest BCUT2D eigenvalue weighted by Crippen LogP contribution is -2.15. The molecule has 0 aliphatic carbocycles. The van der Waals surface area contributed by atoms with Crippen LogP contribution in [0.1, 0.15) is 5.56 Å². The third-order valence-corrected chi connectivity index (χ3v) is 6.44. The predicted octanol–water partition coefficient (Wildman–Crippen LogP) is 3.69. The summed E-state index contributed by atoms with van der Waals surface area (Å²) in [5, 5.41) is 10.2. The summed E-state index contributed by atoms with van der Waals surface area (Å²) in [4.78, 5) is 0. The molecule has 0 bridgehead atoms. The van der Waals surface area contributed by atoms with Gasteiger partial charge in [0.25, 0.3) is 0 Å². The van der Waals surface area contributed by atoms with Gasteiger partial charge in [0.2, 0.25) is 0 Å². The van der Waals surface area contributed by atoms with Crippen LogP contribution in [0.15, 0.2) is 65.8 Å². The summed E-state index contributed by atoms with van der Waals surface area (Å²) in [6.45, 7) is 2.04. The summed E-state index contributed by atoms with van der Waals surface area (Å²) in [6.07, 6.45) is 0. The summed E-state index contributed by atoms with van der Waals surface area (Å²) in [7, 11) is -3.67. The van der Waals surface area contributed by atoms with Gasteiger partial charge in [-0.2, -0.15) is 8.42 Å². The minimum absolute atomic E-state index is 0.120. The smallest absolute Gasteiger partial charge is 0.310 e. The second kappa shape index (κ2) is 7.21. The van der Waals surface area contributed by atoms with Gasteiger partial charge in [-0.05, 0) is 36.8 Å². The van der Waals surface area contributed by atoms with Crippen LogP contribution in [-0.4, -0.2) is 34.5 Å². The Labute approximate surface area is 161 Å². The van der Waals surface area contributed by atoms with E-state index in [1.165, 1.54) is 11.8 Å². The number of fused-ring (bicyclic) bond motifs is 3. The third kappa shape index (κ3) is 3.77. The van der Waals surface area contributed by atoms with Crippen molar-refractivity contribution in [2.24, 2.45) is 0 Å². The molecule has 0 saturated carbocycles. The SMILES string of the molecule is Cc1cc2nnc(SCCS(=O)(=O)Oc3ccccc3)n2c2ccccc12. The molecule has 4 aromatic rings. The quantitative estimate of drug-likeness (QED) is 0.364. The van der Waals surface area contributed by atoms with E-state index in [1.807, 2.05) is 35.6 Å². The van der Waals surface area contributed by atoms with E-state index < -0.39 is 10.1 Å². The van der Waals surface area contributed by atoms with Crippen LogP contribution < -0.4 is 4.18 Å². The van der Waals surface area contributed by atoms with Crippen LogP contribution in [0.25, 0.3) is 16.6 Å². The normalized spacial score (nSPS) is 11.9.